The number of carbonyl (C=O) groups is 1. The summed E-state index contributed by atoms with van der Waals surface area (Å²) < 4.78 is 2.03. The molecule has 0 aliphatic rings. The number of carbonyl (C=O) groups excluding carboxylic acids is 1. The van der Waals surface area contributed by atoms with Gasteiger partial charge >= 0.3 is 0 Å². The van der Waals surface area contributed by atoms with Crippen LogP contribution in [0.2, 0.25) is 0 Å². The summed E-state index contributed by atoms with van der Waals surface area (Å²) >= 11 is 0. The van der Waals surface area contributed by atoms with Gasteiger partial charge in [0, 0.05) is 25.5 Å². The molecule has 5 nitrogen and oxygen atoms in total. The standard InChI is InChI=1S/C12H22N4O/c1-2-5-11(13)12(17)15-6-3-4-8-16-9-7-14-10-16/h7,9-11H,2-6,8,13H2,1H3,(H,15,17)/t11-/m1/s1. The number of aromatic nitrogens is 2. The number of unbranched alkanes of at least 4 members (excludes halogenated alkanes) is 1. The van der Waals surface area contributed by atoms with Crippen molar-refractivity contribution in [3.05, 3.63) is 18.7 Å². The Morgan fingerprint density at radius 2 is 2.35 bits per heavy atom. The Morgan fingerprint density at radius 3 is 3.00 bits per heavy atom. The molecular formula is C12H22N4O. The highest BCUT2D eigenvalue weighted by Crippen LogP contribution is 1.96. The van der Waals surface area contributed by atoms with Crippen molar-refractivity contribution in [3.63, 3.8) is 0 Å². The second kappa shape index (κ2) is 7.84. The molecule has 0 aliphatic heterocycles. The number of hydrogen-bond acceptors (Lipinski definition) is 3. The Kier molecular flexibility index (Phi) is 6.32. The summed E-state index contributed by atoms with van der Waals surface area (Å²) in [5.41, 5.74) is 5.70. The van der Waals surface area contributed by atoms with Gasteiger partial charge in [-0.1, -0.05) is 13.3 Å². The second-order valence-electron chi connectivity index (χ2n) is 4.19. The van der Waals surface area contributed by atoms with Crippen molar-refractivity contribution >= 4 is 5.91 Å². The van der Waals surface area contributed by atoms with Gasteiger partial charge in [0.1, 0.15) is 0 Å². The van der Waals surface area contributed by atoms with E-state index in [2.05, 4.69) is 10.3 Å². The van der Waals surface area contributed by atoms with Crippen LogP contribution in [0.4, 0.5) is 0 Å². The van der Waals surface area contributed by atoms with Gasteiger partial charge < -0.3 is 15.6 Å². The van der Waals surface area contributed by atoms with Crippen molar-refractivity contribution in [2.45, 2.75) is 45.2 Å². The van der Waals surface area contributed by atoms with Crippen molar-refractivity contribution in [1.29, 1.82) is 0 Å². The molecule has 0 bridgehead atoms. The first-order valence-electron chi connectivity index (χ1n) is 6.23. The lowest BCUT2D eigenvalue weighted by molar-refractivity contribution is -0.122. The summed E-state index contributed by atoms with van der Waals surface area (Å²) in [7, 11) is 0. The van der Waals surface area contributed by atoms with Crippen LogP contribution in [0.1, 0.15) is 32.6 Å². The minimum absolute atomic E-state index is 0.0329. The lowest BCUT2D eigenvalue weighted by Crippen LogP contribution is -2.40. The van der Waals surface area contributed by atoms with Crippen LogP contribution in [-0.2, 0) is 11.3 Å². The van der Waals surface area contributed by atoms with Crippen LogP contribution in [0.15, 0.2) is 18.7 Å². The topological polar surface area (TPSA) is 72.9 Å². The summed E-state index contributed by atoms with van der Waals surface area (Å²) in [4.78, 5) is 15.4. The maximum atomic E-state index is 11.5. The smallest absolute Gasteiger partial charge is 0.236 e. The van der Waals surface area contributed by atoms with Crippen molar-refractivity contribution in [2.75, 3.05) is 6.54 Å². The molecular weight excluding hydrogens is 216 g/mol. The molecule has 0 aromatic carbocycles. The first kappa shape index (κ1) is 13.7. The predicted molar refractivity (Wildman–Crippen MR) is 67.4 cm³/mol. The van der Waals surface area contributed by atoms with Gasteiger partial charge in [-0.15, -0.1) is 0 Å². The lowest BCUT2D eigenvalue weighted by atomic mass is 10.1. The Bertz CT molecular complexity index is 310. The van der Waals surface area contributed by atoms with E-state index in [1.165, 1.54) is 0 Å². The molecule has 1 rings (SSSR count). The van der Waals surface area contributed by atoms with Crippen molar-refractivity contribution in [2.24, 2.45) is 5.73 Å². The molecule has 0 spiro atoms. The van der Waals surface area contributed by atoms with Gasteiger partial charge in [-0.3, -0.25) is 4.79 Å². The van der Waals surface area contributed by atoms with Gasteiger partial charge in [-0.2, -0.15) is 0 Å². The van der Waals surface area contributed by atoms with Crippen LogP contribution < -0.4 is 11.1 Å². The van der Waals surface area contributed by atoms with Gasteiger partial charge in [0.05, 0.1) is 12.4 Å². The van der Waals surface area contributed by atoms with E-state index in [0.29, 0.717) is 6.54 Å². The Morgan fingerprint density at radius 1 is 1.53 bits per heavy atom. The average molecular weight is 238 g/mol. The Balaban J connectivity index is 2.02. The summed E-state index contributed by atoms with van der Waals surface area (Å²) in [6, 6.07) is -0.353. The molecule has 1 heterocycles. The van der Waals surface area contributed by atoms with E-state index in [4.69, 9.17) is 5.73 Å². The number of nitrogens with zero attached hydrogens (tertiary/aromatic N) is 2. The van der Waals surface area contributed by atoms with Crippen LogP contribution in [0.3, 0.4) is 0 Å². The maximum absolute atomic E-state index is 11.5. The molecule has 96 valence electrons. The molecule has 5 heteroatoms. The van der Waals surface area contributed by atoms with Gasteiger partial charge in [0.15, 0.2) is 0 Å². The third-order valence-electron chi connectivity index (χ3n) is 2.64. The summed E-state index contributed by atoms with van der Waals surface area (Å²) in [5.74, 6) is -0.0329. The van der Waals surface area contributed by atoms with E-state index < -0.39 is 0 Å². The molecule has 1 aromatic rings. The highest BCUT2D eigenvalue weighted by Gasteiger charge is 2.10. The molecule has 0 fully saturated rings. The number of hydrogen-bond donors (Lipinski definition) is 2. The van der Waals surface area contributed by atoms with Crippen LogP contribution in [0, 0.1) is 0 Å². The fourth-order valence-electron chi connectivity index (χ4n) is 1.62. The van der Waals surface area contributed by atoms with Gasteiger partial charge in [0.2, 0.25) is 5.91 Å². The largest absolute Gasteiger partial charge is 0.355 e. The number of rotatable bonds is 8. The van der Waals surface area contributed by atoms with E-state index in [0.717, 1.165) is 32.2 Å². The van der Waals surface area contributed by atoms with E-state index in [-0.39, 0.29) is 11.9 Å². The Hall–Kier alpha value is -1.36. The molecule has 0 unspecified atom stereocenters. The van der Waals surface area contributed by atoms with Gasteiger partial charge in [0.25, 0.3) is 0 Å². The summed E-state index contributed by atoms with van der Waals surface area (Å²) in [6.45, 7) is 3.67. The maximum Gasteiger partial charge on any atom is 0.236 e. The minimum atomic E-state index is -0.353. The zero-order valence-electron chi connectivity index (χ0n) is 10.4. The molecule has 1 amide bonds. The van der Waals surface area contributed by atoms with E-state index >= 15 is 0 Å². The SMILES string of the molecule is CCC[C@@H](N)C(=O)NCCCCn1ccnc1. The highest BCUT2D eigenvalue weighted by atomic mass is 16.2. The third kappa shape index (κ3) is 5.49. The van der Waals surface area contributed by atoms with Gasteiger partial charge in [-0.25, -0.2) is 4.98 Å². The number of nitrogens with two attached hydrogens (primary N) is 1. The minimum Gasteiger partial charge on any atom is -0.355 e. The number of imidazole rings is 1. The number of nitrogens with one attached hydrogen (secondary N) is 1. The fraction of sp³-hybridized carbons (Fsp3) is 0.667. The summed E-state index contributed by atoms with van der Waals surface area (Å²) in [5, 5.41) is 2.86. The average Bonchev–Trinajstić information content (AvgIpc) is 2.81. The zero-order chi connectivity index (χ0) is 12.5. The first-order valence-corrected chi connectivity index (χ1v) is 6.23. The van der Waals surface area contributed by atoms with Crippen molar-refractivity contribution in [1.82, 2.24) is 14.9 Å². The first-order chi connectivity index (χ1) is 8.24. The highest BCUT2D eigenvalue weighted by molar-refractivity contribution is 5.81. The second-order valence-corrected chi connectivity index (χ2v) is 4.19. The molecule has 1 atom stereocenters. The quantitative estimate of drug-likeness (QED) is 0.661. The number of aryl methyl sites for hydroxylation is 1. The van der Waals surface area contributed by atoms with Crippen LogP contribution >= 0.6 is 0 Å². The molecule has 0 saturated carbocycles. The molecule has 17 heavy (non-hydrogen) atoms. The Labute approximate surface area is 102 Å². The van der Waals surface area contributed by atoms with Crippen LogP contribution in [0.25, 0.3) is 0 Å². The lowest BCUT2D eigenvalue weighted by Gasteiger charge is -2.10. The van der Waals surface area contributed by atoms with Crippen LogP contribution in [-0.4, -0.2) is 28.0 Å². The molecule has 0 aliphatic carbocycles. The fourth-order valence-corrected chi connectivity index (χ4v) is 1.62. The third-order valence-corrected chi connectivity index (χ3v) is 2.64. The van der Waals surface area contributed by atoms with Crippen molar-refractivity contribution < 1.29 is 4.79 Å². The van der Waals surface area contributed by atoms with E-state index in [1.54, 1.807) is 12.5 Å². The monoisotopic (exact) mass is 238 g/mol. The summed E-state index contributed by atoms with van der Waals surface area (Å²) in [6.07, 6.45) is 9.19. The van der Waals surface area contributed by atoms with Gasteiger partial charge in [-0.05, 0) is 19.3 Å². The zero-order valence-corrected chi connectivity index (χ0v) is 10.4. The predicted octanol–water partition coefficient (Wildman–Crippen LogP) is 0.907. The normalized spacial score (nSPS) is 12.4. The molecule has 0 saturated heterocycles. The molecule has 1 aromatic heterocycles. The van der Waals surface area contributed by atoms with E-state index in [1.807, 2.05) is 17.7 Å². The molecule has 0 radical (unpaired) electrons. The van der Waals surface area contributed by atoms with Crippen molar-refractivity contribution in [3.8, 4) is 0 Å². The molecule has 3 N–H and O–H groups in total. The van der Waals surface area contributed by atoms with E-state index in [9.17, 15) is 4.79 Å². The van der Waals surface area contributed by atoms with Crippen LogP contribution in [0.5, 0.6) is 0 Å². The number of amides is 1.